The molecule has 2 fully saturated rings. The fourth-order valence-electron chi connectivity index (χ4n) is 1.91. The lowest BCUT2D eigenvalue weighted by Crippen LogP contribution is -2.27. The van der Waals surface area contributed by atoms with Gasteiger partial charge in [-0.05, 0) is 12.8 Å². The zero-order valence-electron chi connectivity index (χ0n) is 8.24. The van der Waals surface area contributed by atoms with E-state index in [9.17, 15) is 13.6 Å². The number of carbonyl (C=O) groups is 1. The number of hydrogen-bond acceptors (Lipinski definition) is 3. The molecule has 0 amide bonds. The highest BCUT2D eigenvalue weighted by atomic mass is 32.1. The Kier molecular flexibility index (Phi) is 1.77. The molecule has 2 aliphatic carbocycles. The summed E-state index contributed by atoms with van der Waals surface area (Å²) in [6.07, 6.45) is 1.44. The lowest BCUT2D eigenvalue weighted by molar-refractivity contribution is -0.143. The average Bonchev–Trinajstić information content (AvgIpc) is 3.06. The molecule has 2 aliphatic rings. The van der Waals surface area contributed by atoms with Crippen LogP contribution in [-0.2, 0) is 10.2 Å². The normalized spacial score (nSPS) is 31.4. The molecule has 16 heavy (non-hydrogen) atoms. The molecule has 1 aromatic heterocycles. The third-order valence-corrected chi connectivity index (χ3v) is 4.24. The van der Waals surface area contributed by atoms with Gasteiger partial charge in [0.25, 0.3) is 5.92 Å². The molecule has 3 nitrogen and oxygen atoms in total. The van der Waals surface area contributed by atoms with Crippen molar-refractivity contribution in [3.8, 4) is 0 Å². The van der Waals surface area contributed by atoms with Crippen LogP contribution in [0.15, 0.2) is 5.38 Å². The second-order valence-electron chi connectivity index (χ2n) is 4.44. The van der Waals surface area contributed by atoms with Crippen LogP contribution in [0, 0.1) is 0 Å². The predicted octanol–water partition coefficient (Wildman–Crippen LogP) is 2.38. The number of thiazole rings is 1. The molecular formula is C10H9F2NO2S. The minimum absolute atomic E-state index is 0.0388. The maximum absolute atomic E-state index is 13.2. The smallest absolute Gasteiger partial charge is 0.322 e. The van der Waals surface area contributed by atoms with Crippen LogP contribution in [0.4, 0.5) is 8.78 Å². The Balaban J connectivity index is 1.98. The highest BCUT2D eigenvalue weighted by Gasteiger charge is 2.78. The van der Waals surface area contributed by atoms with E-state index in [0.717, 1.165) is 17.8 Å². The number of carboxylic acids is 1. The number of alkyl halides is 2. The number of carboxylic acid groups (broad SMARTS) is 1. The van der Waals surface area contributed by atoms with Crippen molar-refractivity contribution in [2.24, 2.45) is 0 Å². The van der Waals surface area contributed by atoms with Crippen LogP contribution in [0.1, 0.15) is 35.9 Å². The minimum Gasteiger partial charge on any atom is -0.480 e. The predicted molar refractivity (Wildman–Crippen MR) is 53.0 cm³/mol. The molecule has 1 N–H and O–H groups in total. The lowest BCUT2D eigenvalue weighted by Gasteiger charge is -2.07. The van der Waals surface area contributed by atoms with Crippen molar-refractivity contribution >= 4 is 17.3 Å². The van der Waals surface area contributed by atoms with Crippen molar-refractivity contribution < 1.29 is 18.7 Å². The van der Waals surface area contributed by atoms with E-state index in [0.29, 0.717) is 5.92 Å². The van der Waals surface area contributed by atoms with Crippen molar-refractivity contribution in [1.29, 1.82) is 0 Å². The second-order valence-corrected chi connectivity index (χ2v) is 5.33. The molecule has 3 rings (SSSR count). The molecule has 0 bridgehead atoms. The van der Waals surface area contributed by atoms with Crippen molar-refractivity contribution in [3.63, 3.8) is 0 Å². The van der Waals surface area contributed by atoms with Crippen LogP contribution in [0.25, 0.3) is 0 Å². The Hall–Kier alpha value is -1.04. The Morgan fingerprint density at radius 1 is 1.56 bits per heavy atom. The average molecular weight is 245 g/mol. The summed E-state index contributed by atoms with van der Waals surface area (Å²) < 4.78 is 26.4. The first-order chi connectivity index (χ1) is 7.47. The van der Waals surface area contributed by atoms with E-state index < -0.39 is 23.7 Å². The van der Waals surface area contributed by atoms with Gasteiger partial charge in [0.2, 0.25) is 0 Å². The van der Waals surface area contributed by atoms with E-state index in [2.05, 4.69) is 4.98 Å². The second kappa shape index (κ2) is 2.80. The number of aliphatic carboxylic acids is 1. The summed E-state index contributed by atoms with van der Waals surface area (Å²) in [6, 6.07) is 0. The molecule has 1 atom stereocenters. The third-order valence-electron chi connectivity index (χ3n) is 3.24. The van der Waals surface area contributed by atoms with Crippen LogP contribution in [0.3, 0.4) is 0 Å². The standard InChI is InChI=1S/C10H9F2NO2S/c11-10(12)4-9(10,8(14)15)6-3-16-7(13-6)5-1-2-5/h3,5H,1-2,4H2,(H,14,15). The lowest BCUT2D eigenvalue weighted by atomic mass is 10.0. The Bertz CT molecular complexity index is 469. The molecule has 0 spiro atoms. The van der Waals surface area contributed by atoms with E-state index in [4.69, 9.17) is 5.11 Å². The molecule has 2 saturated carbocycles. The van der Waals surface area contributed by atoms with E-state index in [1.54, 1.807) is 0 Å². The highest BCUT2D eigenvalue weighted by molar-refractivity contribution is 7.09. The number of nitrogens with zero attached hydrogens (tertiary/aromatic N) is 1. The fraction of sp³-hybridized carbons (Fsp3) is 0.600. The Labute approximate surface area is 94.1 Å². The molecule has 0 aromatic carbocycles. The topological polar surface area (TPSA) is 50.2 Å². The summed E-state index contributed by atoms with van der Waals surface area (Å²) in [7, 11) is 0. The number of aromatic nitrogens is 1. The van der Waals surface area contributed by atoms with Gasteiger partial charge in [0.1, 0.15) is 0 Å². The molecular weight excluding hydrogens is 236 g/mol. The van der Waals surface area contributed by atoms with Gasteiger partial charge in [-0.1, -0.05) is 0 Å². The number of rotatable bonds is 3. The van der Waals surface area contributed by atoms with Gasteiger partial charge in [-0.15, -0.1) is 11.3 Å². The first-order valence-electron chi connectivity index (χ1n) is 5.04. The highest BCUT2D eigenvalue weighted by Crippen LogP contribution is 2.62. The SMILES string of the molecule is O=C(O)C1(c2csc(C3CC3)n2)CC1(F)F. The zero-order valence-corrected chi connectivity index (χ0v) is 9.06. The largest absolute Gasteiger partial charge is 0.480 e. The number of halogens is 2. The third kappa shape index (κ3) is 1.16. The summed E-state index contributed by atoms with van der Waals surface area (Å²) in [5.74, 6) is -4.24. The van der Waals surface area contributed by atoms with Crippen molar-refractivity contribution in [3.05, 3.63) is 16.1 Å². The molecule has 86 valence electrons. The van der Waals surface area contributed by atoms with Crippen LogP contribution in [0.5, 0.6) is 0 Å². The van der Waals surface area contributed by atoms with E-state index in [1.165, 1.54) is 16.7 Å². The zero-order chi connectivity index (χ0) is 11.6. The molecule has 1 unspecified atom stereocenters. The minimum atomic E-state index is -3.15. The van der Waals surface area contributed by atoms with Gasteiger partial charge in [-0.25, -0.2) is 13.8 Å². The van der Waals surface area contributed by atoms with E-state index in [1.807, 2.05) is 0 Å². The van der Waals surface area contributed by atoms with Crippen LogP contribution >= 0.6 is 11.3 Å². The van der Waals surface area contributed by atoms with E-state index in [-0.39, 0.29) is 5.69 Å². The summed E-state index contributed by atoms with van der Waals surface area (Å²) in [6.45, 7) is 0. The first kappa shape index (κ1) is 10.1. The van der Waals surface area contributed by atoms with Crippen LogP contribution in [-0.4, -0.2) is 22.0 Å². The van der Waals surface area contributed by atoms with Gasteiger partial charge in [-0.3, -0.25) is 4.79 Å². The van der Waals surface area contributed by atoms with Crippen molar-refractivity contribution in [2.75, 3.05) is 0 Å². The van der Waals surface area contributed by atoms with Gasteiger partial charge >= 0.3 is 5.97 Å². The van der Waals surface area contributed by atoms with Crippen LogP contribution in [0.2, 0.25) is 0 Å². The maximum atomic E-state index is 13.2. The van der Waals surface area contributed by atoms with Crippen molar-refractivity contribution in [2.45, 2.75) is 36.5 Å². The number of hydrogen-bond donors (Lipinski definition) is 1. The van der Waals surface area contributed by atoms with Crippen molar-refractivity contribution in [1.82, 2.24) is 4.98 Å². The molecule has 1 aromatic rings. The Morgan fingerprint density at radius 3 is 2.62 bits per heavy atom. The van der Waals surface area contributed by atoms with Crippen LogP contribution < -0.4 is 0 Å². The van der Waals surface area contributed by atoms with Gasteiger partial charge in [-0.2, -0.15) is 0 Å². The summed E-state index contributed by atoms with van der Waals surface area (Å²) >= 11 is 1.30. The Morgan fingerprint density at radius 2 is 2.19 bits per heavy atom. The molecule has 1 heterocycles. The first-order valence-corrected chi connectivity index (χ1v) is 5.92. The summed E-state index contributed by atoms with van der Waals surface area (Å²) in [5.41, 5.74) is -2.01. The molecule has 0 radical (unpaired) electrons. The van der Waals surface area contributed by atoms with Gasteiger partial charge in [0, 0.05) is 17.7 Å². The van der Waals surface area contributed by atoms with Gasteiger partial charge < -0.3 is 5.11 Å². The van der Waals surface area contributed by atoms with Gasteiger partial charge in [0.05, 0.1) is 10.7 Å². The molecule has 0 saturated heterocycles. The van der Waals surface area contributed by atoms with E-state index >= 15 is 0 Å². The fourth-order valence-corrected chi connectivity index (χ4v) is 2.98. The quantitative estimate of drug-likeness (QED) is 0.889. The monoisotopic (exact) mass is 245 g/mol. The maximum Gasteiger partial charge on any atom is 0.322 e. The molecule has 6 heteroatoms. The summed E-state index contributed by atoms with van der Waals surface area (Å²) in [4.78, 5) is 15.1. The summed E-state index contributed by atoms with van der Waals surface area (Å²) in [5, 5.41) is 11.2. The molecule has 0 aliphatic heterocycles. The van der Waals surface area contributed by atoms with Gasteiger partial charge in [0.15, 0.2) is 5.41 Å².